The minimum Gasteiger partial charge on any atom is -0.285 e. The van der Waals surface area contributed by atoms with E-state index in [1.807, 2.05) is 0 Å². The summed E-state index contributed by atoms with van der Waals surface area (Å²) in [5.74, 6) is 0. The summed E-state index contributed by atoms with van der Waals surface area (Å²) in [7, 11) is 0. The molecule has 44 valence electrons. The highest BCUT2D eigenvalue weighted by molar-refractivity contribution is 7.99. The predicted molar refractivity (Wildman–Crippen MR) is 30.4 cm³/mol. The largest absolute Gasteiger partial charge is 0.285 e. The maximum absolute atomic E-state index is 11.5. The van der Waals surface area contributed by atoms with Crippen molar-refractivity contribution in [2.24, 2.45) is 0 Å². The molecular formula is C4H5FN2S. The SMILES string of the molecule is FCSc1cc[nH]n1. The van der Waals surface area contributed by atoms with Crippen LogP contribution in [0.4, 0.5) is 4.39 Å². The molecule has 0 unspecified atom stereocenters. The van der Waals surface area contributed by atoms with E-state index in [0.29, 0.717) is 5.03 Å². The summed E-state index contributed by atoms with van der Waals surface area (Å²) in [4.78, 5) is 0. The van der Waals surface area contributed by atoms with Gasteiger partial charge in [-0.3, -0.25) is 5.10 Å². The standard InChI is InChI=1S/C4H5FN2S/c5-3-8-4-1-2-6-7-4/h1-2H,3H2,(H,6,7). The monoisotopic (exact) mass is 132 g/mol. The van der Waals surface area contributed by atoms with Gasteiger partial charge in [-0.25, -0.2) is 4.39 Å². The summed E-state index contributed by atoms with van der Waals surface area (Å²) in [6, 6.07) is 1.31. The lowest BCUT2D eigenvalue weighted by molar-refractivity contribution is 0.605. The number of hydrogen-bond acceptors (Lipinski definition) is 2. The molecule has 0 aliphatic carbocycles. The number of hydrogen-bond donors (Lipinski definition) is 1. The molecule has 1 heterocycles. The van der Waals surface area contributed by atoms with Crippen LogP contribution in [-0.4, -0.2) is 16.2 Å². The molecule has 1 N–H and O–H groups in total. The summed E-state index contributed by atoms with van der Waals surface area (Å²) < 4.78 is 11.5. The predicted octanol–water partition coefficient (Wildman–Crippen LogP) is 1.43. The molecule has 0 saturated heterocycles. The zero-order valence-corrected chi connectivity index (χ0v) is 4.91. The smallest absolute Gasteiger partial charge is 0.141 e. The van der Waals surface area contributed by atoms with Crippen molar-refractivity contribution in [2.45, 2.75) is 5.03 Å². The third-order valence-corrected chi connectivity index (χ3v) is 1.31. The van der Waals surface area contributed by atoms with Crippen LogP contribution < -0.4 is 0 Å². The van der Waals surface area contributed by atoms with Gasteiger partial charge in [0.1, 0.15) is 11.0 Å². The highest BCUT2D eigenvalue weighted by Gasteiger charge is 1.90. The number of nitrogens with zero attached hydrogens (tertiary/aromatic N) is 1. The minimum atomic E-state index is -0.412. The van der Waals surface area contributed by atoms with Crippen LogP contribution in [-0.2, 0) is 0 Å². The number of rotatable bonds is 2. The minimum absolute atomic E-state index is 0.412. The molecule has 0 fully saturated rings. The zero-order valence-electron chi connectivity index (χ0n) is 4.10. The molecule has 4 heteroatoms. The molecule has 0 radical (unpaired) electrons. The Labute approximate surface area is 50.5 Å². The van der Waals surface area contributed by atoms with Gasteiger partial charge >= 0.3 is 0 Å². The van der Waals surface area contributed by atoms with Gasteiger partial charge in [-0.05, 0) is 6.07 Å². The van der Waals surface area contributed by atoms with Gasteiger partial charge in [-0.1, -0.05) is 11.8 Å². The Hall–Kier alpha value is -0.510. The number of aromatic amines is 1. The first-order valence-corrected chi connectivity index (χ1v) is 3.10. The van der Waals surface area contributed by atoms with Crippen LogP contribution in [0.2, 0.25) is 0 Å². The van der Waals surface area contributed by atoms with E-state index in [-0.39, 0.29) is 0 Å². The van der Waals surface area contributed by atoms with Crippen LogP contribution in [0.5, 0.6) is 0 Å². The third kappa shape index (κ3) is 1.23. The van der Waals surface area contributed by atoms with Crippen LogP contribution >= 0.6 is 11.8 Å². The molecule has 1 aromatic heterocycles. The van der Waals surface area contributed by atoms with Crippen LogP contribution in [0.15, 0.2) is 17.3 Å². The lowest BCUT2D eigenvalue weighted by atomic mass is 10.8. The fraction of sp³-hybridized carbons (Fsp3) is 0.250. The topological polar surface area (TPSA) is 28.7 Å². The molecule has 0 aromatic carbocycles. The second-order valence-electron chi connectivity index (χ2n) is 1.17. The number of H-pyrrole nitrogens is 1. The molecular weight excluding hydrogens is 127 g/mol. The Morgan fingerprint density at radius 2 is 2.75 bits per heavy atom. The van der Waals surface area contributed by atoms with Gasteiger partial charge in [0.2, 0.25) is 0 Å². The molecule has 0 aliphatic heterocycles. The van der Waals surface area contributed by atoms with E-state index in [1.165, 1.54) is 0 Å². The van der Waals surface area contributed by atoms with E-state index in [4.69, 9.17) is 0 Å². The van der Waals surface area contributed by atoms with Crippen molar-refractivity contribution in [1.29, 1.82) is 0 Å². The van der Waals surface area contributed by atoms with E-state index >= 15 is 0 Å². The maximum atomic E-state index is 11.5. The first kappa shape index (κ1) is 5.62. The van der Waals surface area contributed by atoms with Crippen molar-refractivity contribution in [1.82, 2.24) is 10.2 Å². The van der Waals surface area contributed by atoms with Gasteiger partial charge in [0.25, 0.3) is 0 Å². The number of aromatic nitrogens is 2. The molecule has 0 saturated carbocycles. The van der Waals surface area contributed by atoms with E-state index in [9.17, 15) is 4.39 Å². The lowest BCUT2D eigenvalue weighted by Crippen LogP contribution is -1.69. The highest BCUT2D eigenvalue weighted by atomic mass is 32.2. The van der Waals surface area contributed by atoms with E-state index in [0.717, 1.165) is 11.8 Å². The molecule has 0 spiro atoms. The van der Waals surface area contributed by atoms with Crippen LogP contribution in [0.1, 0.15) is 0 Å². The Morgan fingerprint density at radius 3 is 3.25 bits per heavy atom. The van der Waals surface area contributed by atoms with Crippen molar-refractivity contribution >= 4 is 11.8 Å². The molecule has 0 aliphatic rings. The average Bonchev–Trinajstić information content (AvgIpc) is 2.19. The quantitative estimate of drug-likeness (QED) is 0.616. The van der Waals surface area contributed by atoms with E-state index in [1.54, 1.807) is 12.3 Å². The summed E-state index contributed by atoms with van der Waals surface area (Å²) in [5, 5.41) is 6.98. The Bertz CT molecular complexity index is 140. The van der Waals surface area contributed by atoms with Gasteiger partial charge in [0, 0.05) is 6.20 Å². The van der Waals surface area contributed by atoms with Gasteiger partial charge in [-0.15, -0.1) is 0 Å². The Morgan fingerprint density at radius 1 is 1.88 bits per heavy atom. The molecule has 0 atom stereocenters. The highest BCUT2D eigenvalue weighted by Crippen LogP contribution is 2.12. The summed E-state index contributed by atoms with van der Waals surface area (Å²) in [6.07, 6.45) is 1.66. The Balaban J connectivity index is 2.50. The molecule has 1 rings (SSSR count). The van der Waals surface area contributed by atoms with E-state index < -0.39 is 6.01 Å². The number of alkyl halides is 1. The summed E-state index contributed by atoms with van der Waals surface area (Å²) in [6.45, 7) is 0. The van der Waals surface area contributed by atoms with Crippen LogP contribution in [0.3, 0.4) is 0 Å². The van der Waals surface area contributed by atoms with Crippen molar-refractivity contribution in [3.05, 3.63) is 12.3 Å². The van der Waals surface area contributed by atoms with Crippen LogP contribution in [0.25, 0.3) is 0 Å². The fourth-order valence-corrected chi connectivity index (χ4v) is 0.776. The summed E-state index contributed by atoms with van der Waals surface area (Å²) in [5.41, 5.74) is 0. The van der Waals surface area contributed by atoms with Crippen molar-refractivity contribution < 1.29 is 4.39 Å². The Kier molecular flexibility index (Phi) is 1.91. The number of halogens is 1. The molecule has 8 heavy (non-hydrogen) atoms. The number of nitrogens with one attached hydrogen (secondary N) is 1. The molecule has 0 amide bonds. The zero-order chi connectivity index (χ0) is 5.82. The number of thioether (sulfide) groups is 1. The van der Waals surface area contributed by atoms with E-state index in [2.05, 4.69) is 10.2 Å². The molecule has 1 aromatic rings. The molecule has 2 nitrogen and oxygen atoms in total. The second-order valence-corrected chi connectivity index (χ2v) is 2.09. The maximum Gasteiger partial charge on any atom is 0.141 e. The summed E-state index contributed by atoms with van der Waals surface area (Å²) >= 11 is 1.07. The van der Waals surface area contributed by atoms with Crippen molar-refractivity contribution in [3.63, 3.8) is 0 Å². The second kappa shape index (κ2) is 2.71. The van der Waals surface area contributed by atoms with Crippen molar-refractivity contribution in [3.8, 4) is 0 Å². The normalized spacial score (nSPS) is 9.62. The van der Waals surface area contributed by atoms with Gasteiger partial charge in [-0.2, -0.15) is 5.10 Å². The first-order valence-electron chi connectivity index (χ1n) is 2.12. The first-order chi connectivity index (χ1) is 3.93. The fourth-order valence-electron chi connectivity index (χ4n) is 0.383. The van der Waals surface area contributed by atoms with Gasteiger partial charge < -0.3 is 0 Å². The third-order valence-electron chi connectivity index (χ3n) is 0.678. The average molecular weight is 132 g/mol. The molecule has 0 bridgehead atoms. The van der Waals surface area contributed by atoms with Gasteiger partial charge in [0.15, 0.2) is 0 Å². The van der Waals surface area contributed by atoms with Gasteiger partial charge in [0.05, 0.1) is 0 Å². The van der Waals surface area contributed by atoms with Crippen molar-refractivity contribution in [2.75, 3.05) is 6.01 Å². The van der Waals surface area contributed by atoms with Crippen LogP contribution in [0, 0.1) is 0 Å². The lowest BCUT2D eigenvalue weighted by Gasteiger charge is -1.82.